The van der Waals surface area contributed by atoms with Crippen LogP contribution < -0.4 is 21.3 Å². The average molecular weight is 429 g/mol. The molecule has 0 aliphatic carbocycles. The maximum absolute atomic E-state index is 12.9. The summed E-state index contributed by atoms with van der Waals surface area (Å²) in [6.45, 7) is 3.70. The van der Waals surface area contributed by atoms with Crippen molar-refractivity contribution in [3.8, 4) is 11.5 Å². The van der Waals surface area contributed by atoms with Gasteiger partial charge in [0.15, 0.2) is 5.75 Å². The van der Waals surface area contributed by atoms with Crippen molar-refractivity contribution >= 4 is 22.5 Å². The van der Waals surface area contributed by atoms with Crippen LogP contribution in [0.4, 0.5) is 5.69 Å². The van der Waals surface area contributed by atoms with Crippen molar-refractivity contribution in [3.05, 3.63) is 99.2 Å². The topological polar surface area (TPSA) is 82.3 Å². The summed E-state index contributed by atoms with van der Waals surface area (Å²) in [6, 6.07) is 21.5. The van der Waals surface area contributed by atoms with E-state index < -0.39 is 11.6 Å². The highest BCUT2D eigenvalue weighted by atomic mass is 16.5. The molecule has 0 saturated heterocycles. The first-order valence-electron chi connectivity index (χ1n) is 10.3. The first kappa shape index (κ1) is 21.1. The quantitative estimate of drug-likeness (QED) is 0.504. The van der Waals surface area contributed by atoms with Gasteiger partial charge in [0, 0.05) is 6.54 Å². The third-order valence-electron chi connectivity index (χ3n) is 5.16. The number of hydrogen-bond acceptors (Lipinski definition) is 4. The van der Waals surface area contributed by atoms with Crippen molar-refractivity contribution in [1.29, 1.82) is 0 Å². The molecule has 162 valence electrons. The number of aromatic nitrogens is 2. The second-order valence-electron chi connectivity index (χ2n) is 7.39. The highest BCUT2D eigenvalue weighted by molar-refractivity contribution is 5.93. The molecule has 7 heteroatoms. The van der Waals surface area contributed by atoms with Gasteiger partial charge in [-0.05, 0) is 50.2 Å². The molecule has 1 amide bonds. The first-order valence-corrected chi connectivity index (χ1v) is 10.3. The van der Waals surface area contributed by atoms with Gasteiger partial charge in [0.25, 0.3) is 5.56 Å². The number of benzene rings is 3. The summed E-state index contributed by atoms with van der Waals surface area (Å²) >= 11 is 0. The number of anilines is 1. The fourth-order valence-corrected chi connectivity index (χ4v) is 3.53. The number of ether oxygens (including phenoxy) is 1. The predicted octanol–water partition coefficient (Wildman–Crippen LogP) is 3.92. The molecule has 1 heterocycles. The predicted molar refractivity (Wildman–Crippen MR) is 124 cm³/mol. The summed E-state index contributed by atoms with van der Waals surface area (Å²) in [6.07, 6.45) is 0. The maximum Gasteiger partial charge on any atom is 0.331 e. The van der Waals surface area contributed by atoms with Gasteiger partial charge in [-0.3, -0.25) is 18.7 Å². The van der Waals surface area contributed by atoms with Crippen molar-refractivity contribution in [2.45, 2.75) is 26.9 Å². The van der Waals surface area contributed by atoms with Gasteiger partial charge in [0.05, 0.1) is 16.6 Å². The van der Waals surface area contributed by atoms with Crippen molar-refractivity contribution < 1.29 is 9.53 Å². The number of carbonyl (C=O) groups excluding carboxylic acids is 1. The zero-order chi connectivity index (χ0) is 22.7. The molecule has 1 aromatic heterocycles. The van der Waals surface area contributed by atoms with Crippen LogP contribution in [0.25, 0.3) is 10.9 Å². The zero-order valence-electron chi connectivity index (χ0n) is 17.9. The lowest BCUT2D eigenvalue weighted by molar-refractivity contribution is -0.116. The highest BCUT2D eigenvalue weighted by Gasteiger charge is 2.15. The minimum atomic E-state index is -0.518. The Hall–Kier alpha value is -4.13. The van der Waals surface area contributed by atoms with Gasteiger partial charge in [0.2, 0.25) is 5.91 Å². The number of nitrogens with one attached hydrogen (secondary N) is 1. The number of nitrogens with zero attached hydrogens (tertiary/aromatic N) is 2. The molecule has 4 aromatic rings. The number of amides is 1. The minimum Gasteiger partial charge on any atom is -0.455 e. The summed E-state index contributed by atoms with van der Waals surface area (Å²) in [5.41, 5.74) is 1.15. The van der Waals surface area contributed by atoms with E-state index in [1.807, 2.05) is 37.3 Å². The zero-order valence-corrected chi connectivity index (χ0v) is 17.9. The minimum absolute atomic E-state index is 0.220. The van der Waals surface area contributed by atoms with Crippen LogP contribution in [0.1, 0.15) is 12.5 Å². The maximum atomic E-state index is 12.9. The molecule has 0 bridgehead atoms. The van der Waals surface area contributed by atoms with E-state index in [-0.39, 0.29) is 18.6 Å². The molecule has 0 radical (unpaired) electrons. The average Bonchev–Trinajstić information content (AvgIpc) is 2.80. The SMILES string of the molecule is CCn1c(=O)c2ccccc2n(CC(=O)Nc2ccccc2Oc2ccc(C)cc2)c1=O. The van der Waals surface area contributed by atoms with Gasteiger partial charge in [-0.15, -0.1) is 0 Å². The van der Waals surface area contributed by atoms with Gasteiger partial charge < -0.3 is 10.1 Å². The lowest BCUT2D eigenvalue weighted by atomic mass is 10.2. The van der Waals surface area contributed by atoms with E-state index in [1.54, 1.807) is 49.4 Å². The van der Waals surface area contributed by atoms with E-state index in [9.17, 15) is 14.4 Å². The van der Waals surface area contributed by atoms with Crippen LogP contribution in [0, 0.1) is 6.92 Å². The van der Waals surface area contributed by atoms with Crippen molar-refractivity contribution in [2.75, 3.05) is 5.32 Å². The van der Waals surface area contributed by atoms with Gasteiger partial charge in [-0.25, -0.2) is 4.79 Å². The standard InChI is InChI=1S/C25H23N3O4/c1-3-27-24(30)19-8-4-6-10-21(19)28(25(27)31)16-23(29)26-20-9-5-7-11-22(20)32-18-14-12-17(2)13-15-18/h4-15H,3,16H2,1-2H3,(H,26,29). The van der Waals surface area contributed by atoms with E-state index in [0.29, 0.717) is 28.1 Å². The lowest BCUT2D eigenvalue weighted by Crippen LogP contribution is -2.41. The van der Waals surface area contributed by atoms with E-state index in [0.717, 1.165) is 10.1 Å². The Kier molecular flexibility index (Phi) is 5.89. The van der Waals surface area contributed by atoms with E-state index in [1.165, 1.54) is 4.57 Å². The molecule has 0 aliphatic heterocycles. The molecule has 0 fully saturated rings. The van der Waals surface area contributed by atoms with Gasteiger partial charge in [-0.1, -0.05) is 42.0 Å². The van der Waals surface area contributed by atoms with E-state index in [2.05, 4.69) is 5.32 Å². The summed E-state index contributed by atoms with van der Waals surface area (Å²) in [5.74, 6) is 0.730. The largest absolute Gasteiger partial charge is 0.455 e. The summed E-state index contributed by atoms with van der Waals surface area (Å²) in [4.78, 5) is 38.4. The van der Waals surface area contributed by atoms with Gasteiger partial charge in [-0.2, -0.15) is 0 Å². The van der Waals surface area contributed by atoms with Crippen LogP contribution >= 0.6 is 0 Å². The Labute approximate surface area is 184 Å². The first-order chi connectivity index (χ1) is 15.5. The van der Waals surface area contributed by atoms with Crippen LogP contribution in [0.5, 0.6) is 11.5 Å². The smallest absolute Gasteiger partial charge is 0.331 e. The van der Waals surface area contributed by atoms with E-state index >= 15 is 0 Å². The Morgan fingerprint density at radius 3 is 2.34 bits per heavy atom. The molecular weight excluding hydrogens is 406 g/mol. The Balaban J connectivity index is 1.63. The molecule has 0 unspecified atom stereocenters. The second-order valence-corrected chi connectivity index (χ2v) is 7.39. The Morgan fingerprint density at radius 1 is 0.906 bits per heavy atom. The number of rotatable bonds is 6. The summed E-state index contributed by atoms with van der Waals surface area (Å²) in [7, 11) is 0. The fourth-order valence-electron chi connectivity index (χ4n) is 3.53. The highest BCUT2D eigenvalue weighted by Crippen LogP contribution is 2.29. The third kappa shape index (κ3) is 4.18. The lowest BCUT2D eigenvalue weighted by Gasteiger charge is -2.15. The Bertz CT molecular complexity index is 1400. The van der Waals surface area contributed by atoms with Crippen LogP contribution in [0.2, 0.25) is 0 Å². The van der Waals surface area contributed by atoms with Crippen LogP contribution in [-0.4, -0.2) is 15.0 Å². The molecule has 0 atom stereocenters. The van der Waals surface area contributed by atoms with Gasteiger partial charge in [0.1, 0.15) is 12.3 Å². The van der Waals surface area contributed by atoms with Crippen molar-refractivity contribution in [1.82, 2.24) is 9.13 Å². The number of hydrogen-bond donors (Lipinski definition) is 1. The monoisotopic (exact) mass is 429 g/mol. The Morgan fingerprint density at radius 2 is 1.59 bits per heavy atom. The summed E-state index contributed by atoms with van der Waals surface area (Å²) in [5, 5.41) is 3.22. The van der Waals surface area contributed by atoms with Crippen molar-refractivity contribution in [2.24, 2.45) is 0 Å². The second kappa shape index (κ2) is 8.93. The number of fused-ring (bicyclic) bond motifs is 1. The molecule has 32 heavy (non-hydrogen) atoms. The fraction of sp³-hybridized carbons (Fsp3) is 0.160. The normalized spacial score (nSPS) is 10.8. The van der Waals surface area contributed by atoms with Gasteiger partial charge >= 0.3 is 5.69 Å². The van der Waals surface area contributed by atoms with Crippen LogP contribution in [0.3, 0.4) is 0 Å². The molecule has 7 nitrogen and oxygen atoms in total. The van der Waals surface area contributed by atoms with E-state index in [4.69, 9.17) is 4.74 Å². The number of carbonyl (C=O) groups is 1. The van der Waals surface area contributed by atoms with Crippen molar-refractivity contribution in [3.63, 3.8) is 0 Å². The molecular formula is C25H23N3O4. The number of para-hydroxylation sites is 3. The molecule has 0 saturated carbocycles. The van der Waals surface area contributed by atoms with Crippen LogP contribution in [0.15, 0.2) is 82.4 Å². The number of aryl methyl sites for hydroxylation is 1. The molecule has 1 N–H and O–H groups in total. The third-order valence-corrected chi connectivity index (χ3v) is 5.16. The molecule has 0 spiro atoms. The van der Waals surface area contributed by atoms with Crippen LogP contribution in [-0.2, 0) is 17.9 Å². The molecule has 0 aliphatic rings. The summed E-state index contributed by atoms with van der Waals surface area (Å²) < 4.78 is 8.38. The molecule has 3 aromatic carbocycles. The molecule has 4 rings (SSSR count).